The molecule has 0 aliphatic carbocycles. The first-order valence-corrected chi connectivity index (χ1v) is 9.46. The minimum atomic E-state index is -0.909. The van der Waals surface area contributed by atoms with E-state index in [4.69, 9.17) is 0 Å². The van der Waals surface area contributed by atoms with Gasteiger partial charge in [-0.25, -0.2) is 0 Å². The molecule has 0 fully saturated rings. The second-order valence-corrected chi connectivity index (χ2v) is 6.86. The summed E-state index contributed by atoms with van der Waals surface area (Å²) in [5.74, 6) is -1.69. The molecule has 0 spiro atoms. The molecule has 3 rings (SSSR count). The molecule has 0 unspecified atom stereocenters. The van der Waals surface area contributed by atoms with E-state index in [-0.39, 0.29) is 23.6 Å². The number of fused-ring (bicyclic) bond motifs is 1. The van der Waals surface area contributed by atoms with Crippen LogP contribution in [0.25, 0.3) is 10.8 Å². The average Bonchev–Trinajstić information content (AvgIpc) is 2.77. The van der Waals surface area contributed by atoms with Crippen LogP contribution < -0.4 is 16.2 Å². The van der Waals surface area contributed by atoms with Gasteiger partial charge in [0.1, 0.15) is 6.04 Å². The van der Waals surface area contributed by atoms with Crippen LogP contribution in [-0.2, 0) is 16.0 Å². The largest absolute Gasteiger partial charge is 0.344 e. The van der Waals surface area contributed by atoms with E-state index >= 15 is 0 Å². The summed E-state index contributed by atoms with van der Waals surface area (Å²) >= 11 is 0. The van der Waals surface area contributed by atoms with Gasteiger partial charge in [0.15, 0.2) is 0 Å². The van der Waals surface area contributed by atoms with Crippen molar-refractivity contribution < 1.29 is 19.3 Å². The van der Waals surface area contributed by atoms with Gasteiger partial charge in [-0.15, -0.1) is 0 Å². The molecule has 0 radical (unpaired) electrons. The number of rotatable bonds is 6. The Bertz CT molecular complexity index is 1160. The summed E-state index contributed by atoms with van der Waals surface area (Å²) in [6.45, 7) is 1.48. The Morgan fingerprint density at radius 2 is 1.68 bits per heavy atom. The van der Waals surface area contributed by atoms with Crippen molar-refractivity contribution in [1.82, 2.24) is 16.2 Å². The number of carbonyl (C=O) groups is 3. The predicted octanol–water partition coefficient (Wildman–Crippen LogP) is 2.26. The highest BCUT2D eigenvalue weighted by molar-refractivity contribution is 5.97. The predicted molar refractivity (Wildman–Crippen MR) is 114 cm³/mol. The van der Waals surface area contributed by atoms with Crippen LogP contribution >= 0.6 is 0 Å². The molecule has 0 saturated carbocycles. The van der Waals surface area contributed by atoms with E-state index in [0.29, 0.717) is 0 Å². The number of hydrogen-bond donors (Lipinski definition) is 3. The number of amides is 3. The van der Waals surface area contributed by atoms with Gasteiger partial charge >= 0.3 is 0 Å². The smallest absolute Gasteiger partial charge is 0.270 e. The lowest BCUT2D eigenvalue weighted by Crippen LogP contribution is -2.51. The molecule has 3 aromatic carbocycles. The van der Waals surface area contributed by atoms with Crippen molar-refractivity contribution in [2.24, 2.45) is 0 Å². The van der Waals surface area contributed by atoms with E-state index < -0.39 is 22.8 Å². The van der Waals surface area contributed by atoms with Crippen molar-refractivity contribution in [3.8, 4) is 0 Å². The minimum absolute atomic E-state index is 0.0159. The molecule has 0 aromatic heterocycles. The molecule has 158 valence electrons. The fourth-order valence-electron chi connectivity index (χ4n) is 3.04. The van der Waals surface area contributed by atoms with E-state index in [2.05, 4.69) is 16.2 Å². The van der Waals surface area contributed by atoms with Crippen LogP contribution in [0.4, 0.5) is 5.69 Å². The normalized spacial score (nSPS) is 11.4. The van der Waals surface area contributed by atoms with Crippen molar-refractivity contribution in [3.63, 3.8) is 0 Å². The second-order valence-electron chi connectivity index (χ2n) is 6.86. The van der Waals surface area contributed by atoms with E-state index in [0.717, 1.165) is 22.4 Å². The summed E-state index contributed by atoms with van der Waals surface area (Å²) < 4.78 is 0. The number of carbonyl (C=O) groups excluding carboxylic acids is 3. The highest BCUT2D eigenvalue weighted by atomic mass is 16.6. The number of nitrogens with zero attached hydrogens (tertiary/aromatic N) is 1. The summed E-state index contributed by atoms with van der Waals surface area (Å²) in [4.78, 5) is 46.9. The van der Waals surface area contributed by atoms with Gasteiger partial charge in [-0.2, -0.15) is 0 Å². The van der Waals surface area contributed by atoms with Crippen LogP contribution in [0.5, 0.6) is 0 Å². The fourth-order valence-corrected chi connectivity index (χ4v) is 3.04. The first-order valence-electron chi connectivity index (χ1n) is 9.46. The first kappa shape index (κ1) is 21.4. The Labute approximate surface area is 177 Å². The van der Waals surface area contributed by atoms with Gasteiger partial charge in [-0.3, -0.25) is 35.3 Å². The maximum atomic E-state index is 12.4. The number of nitro benzene ring substituents is 1. The van der Waals surface area contributed by atoms with Gasteiger partial charge in [0, 0.05) is 17.7 Å². The molecule has 3 N–H and O–H groups in total. The third-order valence-corrected chi connectivity index (χ3v) is 4.62. The zero-order valence-corrected chi connectivity index (χ0v) is 16.6. The van der Waals surface area contributed by atoms with E-state index in [9.17, 15) is 24.5 Å². The number of nitro groups is 1. The number of hydrogen-bond acceptors (Lipinski definition) is 5. The highest BCUT2D eigenvalue weighted by Gasteiger charge is 2.18. The summed E-state index contributed by atoms with van der Waals surface area (Å²) in [5.41, 5.74) is 4.99. The second kappa shape index (κ2) is 9.49. The van der Waals surface area contributed by atoms with Gasteiger partial charge in [0.2, 0.25) is 5.91 Å². The lowest BCUT2D eigenvalue weighted by molar-refractivity contribution is -0.384. The Kier molecular flexibility index (Phi) is 6.56. The molecule has 0 heterocycles. The molecule has 3 amide bonds. The van der Waals surface area contributed by atoms with Crippen LogP contribution in [-0.4, -0.2) is 28.7 Å². The van der Waals surface area contributed by atoms with Crippen LogP contribution in [0, 0.1) is 10.1 Å². The van der Waals surface area contributed by atoms with Crippen molar-refractivity contribution in [2.75, 3.05) is 0 Å². The van der Waals surface area contributed by atoms with Gasteiger partial charge < -0.3 is 5.32 Å². The number of nitrogens with one attached hydrogen (secondary N) is 3. The number of hydrazine groups is 1. The third kappa shape index (κ3) is 5.41. The molecule has 9 nitrogen and oxygen atoms in total. The Morgan fingerprint density at radius 3 is 2.45 bits per heavy atom. The standard InChI is InChI=1S/C22H20N4O5/c1-14(21(28)24-25-22(29)17-9-5-10-18(12-17)26(30)31)23-20(27)13-16-8-4-7-15-6-2-3-11-19(15)16/h2-12,14H,13H2,1H3,(H,23,27)(H,24,28)(H,25,29)/t14-/m0/s1. The quantitative estimate of drug-likeness (QED) is 0.416. The Hall–Kier alpha value is -4.27. The van der Waals surface area contributed by atoms with Crippen LogP contribution in [0.3, 0.4) is 0 Å². The van der Waals surface area contributed by atoms with Crippen molar-refractivity contribution in [3.05, 3.63) is 88.0 Å². The zero-order chi connectivity index (χ0) is 22.4. The minimum Gasteiger partial charge on any atom is -0.344 e. The fraction of sp³-hybridized carbons (Fsp3) is 0.136. The van der Waals surface area contributed by atoms with Crippen LogP contribution in [0.2, 0.25) is 0 Å². The zero-order valence-electron chi connectivity index (χ0n) is 16.6. The molecular weight excluding hydrogens is 400 g/mol. The molecule has 9 heteroatoms. The summed E-state index contributed by atoms with van der Waals surface area (Å²) in [5, 5.41) is 15.4. The summed E-state index contributed by atoms with van der Waals surface area (Å²) in [6, 6.07) is 17.5. The van der Waals surface area contributed by atoms with E-state index in [1.54, 1.807) is 0 Å². The highest BCUT2D eigenvalue weighted by Crippen LogP contribution is 2.19. The van der Waals surface area contributed by atoms with Gasteiger partial charge in [0.05, 0.1) is 11.3 Å². The number of non-ortho nitro benzene ring substituents is 1. The van der Waals surface area contributed by atoms with Crippen molar-refractivity contribution in [2.45, 2.75) is 19.4 Å². The van der Waals surface area contributed by atoms with Crippen molar-refractivity contribution in [1.29, 1.82) is 0 Å². The summed E-state index contributed by atoms with van der Waals surface area (Å²) in [6.07, 6.45) is 0.0962. The number of benzene rings is 3. The Morgan fingerprint density at radius 1 is 0.968 bits per heavy atom. The molecule has 1 atom stereocenters. The molecule has 0 saturated heterocycles. The molecule has 0 bridgehead atoms. The SMILES string of the molecule is C[C@H](NC(=O)Cc1cccc2ccccc12)C(=O)NNC(=O)c1cccc([N+](=O)[O-])c1. The molecule has 31 heavy (non-hydrogen) atoms. The van der Waals surface area contributed by atoms with Gasteiger partial charge in [-0.1, -0.05) is 48.5 Å². The topological polar surface area (TPSA) is 130 Å². The Balaban J connectivity index is 1.54. The van der Waals surface area contributed by atoms with Crippen LogP contribution in [0.15, 0.2) is 66.7 Å². The maximum Gasteiger partial charge on any atom is 0.270 e. The lowest BCUT2D eigenvalue weighted by atomic mass is 10.0. The third-order valence-electron chi connectivity index (χ3n) is 4.62. The van der Waals surface area contributed by atoms with Crippen LogP contribution in [0.1, 0.15) is 22.8 Å². The van der Waals surface area contributed by atoms with E-state index in [1.807, 2.05) is 42.5 Å². The first-order chi connectivity index (χ1) is 14.8. The summed E-state index contributed by atoms with van der Waals surface area (Å²) in [7, 11) is 0. The molecule has 0 aliphatic rings. The lowest BCUT2D eigenvalue weighted by Gasteiger charge is -2.15. The monoisotopic (exact) mass is 420 g/mol. The average molecular weight is 420 g/mol. The van der Waals surface area contributed by atoms with Gasteiger partial charge in [0.25, 0.3) is 17.5 Å². The van der Waals surface area contributed by atoms with Crippen molar-refractivity contribution >= 4 is 34.2 Å². The maximum absolute atomic E-state index is 12.4. The van der Waals surface area contributed by atoms with E-state index in [1.165, 1.54) is 25.1 Å². The molecule has 3 aromatic rings. The molecule has 0 aliphatic heterocycles. The molecular formula is C22H20N4O5. The van der Waals surface area contributed by atoms with Gasteiger partial charge in [-0.05, 0) is 29.3 Å².